The lowest BCUT2D eigenvalue weighted by molar-refractivity contribution is -0.132. The Bertz CT molecular complexity index is 1020. The normalized spacial score (nSPS) is 15.2. The molecule has 1 aliphatic rings. The smallest absolute Gasteiger partial charge is 0.227 e. The van der Waals surface area contributed by atoms with E-state index in [2.05, 4.69) is 36.0 Å². The van der Waals surface area contributed by atoms with Crippen LogP contribution in [0.2, 0.25) is 0 Å². The lowest BCUT2D eigenvalue weighted by atomic mass is 10.0. The predicted molar refractivity (Wildman–Crippen MR) is 112 cm³/mol. The zero-order chi connectivity index (χ0) is 19.7. The molecule has 4 rings (SSSR count). The van der Waals surface area contributed by atoms with Crippen molar-refractivity contribution in [2.75, 3.05) is 33.2 Å². The van der Waals surface area contributed by atoms with Crippen LogP contribution < -0.4 is 0 Å². The van der Waals surface area contributed by atoms with Crippen LogP contribution >= 0.6 is 0 Å². The van der Waals surface area contributed by atoms with Gasteiger partial charge in [0.15, 0.2) is 0 Å². The van der Waals surface area contributed by atoms with E-state index < -0.39 is 0 Å². The molecular formula is C23H26N4O. The lowest BCUT2D eigenvalue weighted by Gasteiger charge is -2.32. The summed E-state index contributed by atoms with van der Waals surface area (Å²) in [5, 5.41) is 1.10. The molecule has 0 radical (unpaired) electrons. The van der Waals surface area contributed by atoms with Crippen LogP contribution in [0.1, 0.15) is 16.8 Å². The zero-order valence-electron chi connectivity index (χ0n) is 16.8. The third-order valence-corrected chi connectivity index (χ3v) is 5.44. The van der Waals surface area contributed by atoms with Crippen LogP contribution in [-0.4, -0.2) is 58.9 Å². The first-order valence-electron chi connectivity index (χ1n) is 9.80. The van der Waals surface area contributed by atoms with Crippen LogP contribution in [0.5, 0.6) is 0 Å². The van der Waals surface area contributed by atoms with E-state index in [9.17, 15) is 4.79 Å². The fraction of sp³-hybridized carbons (Fsp3) is 0.348. The highest BCUT2D eigenvalue weighted by atomic mass is 16.2. The summed E-state index contributed by atoms with van der Waals surface area (Å²) in [4.78, 5) is 26.3. The highest BCUT2D eigenvalue weighted by Gasteiger charge is 2.19. The number of likely N-dealkylation sites (N-methyl/N-ethyl adjacent to an activating group) is 1. The molecule has 1 aliphatic heterocycles. The average molecular weight is 374 g/mol. The van der Waals surface area contributed by atoms with Crippen LogP contribution in [0.3, 0.4) is 0 Å². The van der Waals surface area contributed by atoms with Gasteiger partial charge in [-0.25, -0.2) is 4.98 Å². The number of amides is 1. The number of nitrogens with zero attached hydrogens (tertiary/aromatic N) is 4. The summed E-state index contributed by atoms with van der Waals surface area (Å²) >= 11 is 0. The molecule has 0 saturated carbocycles. The molecule has 0 aliphatic carbocycles. The number of aromatic nitrogens is 2. The molecule has 2 aromatic heterocycles. The molecular weight excluding hydrogens is 348 g/mol. The van der Waals surface area contributed by atoms with Crippen molar-refractivity contribution in [3.05, 3.63) is 59.3 Å². The molecule has 0 atom stereocenters. The summed E-state index contributed by atoms with van der Waals surface area (Å²) in [6.07, 6.45) is 0.445. The molecule has 5 heteroatoms. The van der Waals surface area contributed by atoms with Gasteiger partial charge >= 0.3 is 0 Å². The number of fused-ring (bicyclic) bond motifs is 1. The molecule has 28 heavy (non-hydrogen) atoms. The first-order chi connectivity index (χ1) is 13.5. The summed E-state index contributed by atoms with van der Waals surface area (Å²) in [7, 11) is 2.10. The minimum absolute atomic E-state index is 0.207. The first-order valence-corrected chi connectivity index (χ1v) is 9.80. The monoisotopic (exact) mass is 374 g/mol. The van der Waals surface area contributed by atoms with Crippen molar-refractivity contribution in [2.45, 2.75) is 20.3 Å². The predicted octanol–water partition coefficient (Wildman–Crippen LogP) is 3.23. The van der Waals surface area contributed by atoms with Crippen LogP contribution in [-0.2, 0) is 11.2 Å². The van der Waals surface area contributed by atoms with Gasteiger partial charge in [-0.15, -0.1) is 0 Å². The van der Waals surface area contributed by atoms with Crippen molar-refractivity contribution in [3.63, 3.8) is 0 Å². The van der Waals surface area contributed by atoms with Crippen molar-refractivity contribution in [1.29, 1.82) is 0 Å². The molecule has 0 N–H and O–H groups in total. The van der Waals surface area contributed by atoms with Crippen LogP contribution in [0.15, 0.2) is 42.5 Å². The van der Waals surface area contributed by atoms with Gasteiger partial charge in [0.05, 0.1) is 23.3 Å². The van der Waals surface area contributed by atoms with Gasteiger partial charge in [-0.05, 0) is 62.4 Å². The number of carbonyl (C=O) groups excluding carboxylic acids is 1. The molecule has 0 spiro atoms. The van der Waals surface area contributed by atoms with Crippen LogP contribution in [0.4, 0.5) is 0 Å². The van der Waals surface area contributed by atoms with E-state index in [-0.39, 0.29) is 5.91 Å². The number of pyridine rings is 2. The number of benzene rings is 1. The van der Waals surface area contributed by atoms with Crippen molar-refractivity contribution in [3.8, 4) is 11.4 Å². The van der Waals surface area contributed by atoms with E-state index in [0.717, 1.165) is 65.3 Å². The quantitative estimate of drug-likeness (QED) is 0.706. The summed E-state index contributed by atoms with van der Waals surface area (Å²) in [6.45, 7) is 7.60. The highest BCUT2D eigenvalue weighted by molar-refractivity contribution is 5.87. The minimum atomic E-state index is 0.207. The molecule has 144 valence electrons. The summed E-state index contributed by atoms with van der Waals surface area (Å²) in [5.74, 6) is 0.207. The van der Waals surface area contributed by atoms with Gasteiger partial charge in [0, 0.05) is 37.3 Å². The minimum Gasteiger partial charge on any atom is -0.340 e. The van der Waals surface area contributed by atoms with E-state index in [1.165, 1.54) is 0 Å². The van der Waals surface area contributed by atoms with Crippen molar-refractivity contribution < 1.29 is 4.79 Å². The summed E-state index contributed by atoms with van der Waals surface area (Å²) in [5.41, 5.74) is 5.89. The fourth-order valence-corrected chi connectivity index (χ4v) is 3.71. The SMILES string of the molecule is Cc1cccc(-c2cc(C)c3cc(CC(=O)N4CCN(C)CC4)ccc3n2)n1. The molecule has 0 bridgehead atoms. The molecule has 1 amide bonds. The topological polar surface area (TPSA) is 49.3 Å². The Morgan fingerprint density at radius 1 is 0.964 bits per heavy atom. The van der Waals surface area contributed by atoms with Crippen molar-refractivity contribution in [1.82, 2.24) is 19.8 Å². The van der Waals surface area contributed by atoms with Gasteiger partial charge in [-0.3, -0.25) is 9.78 Å². The fourth-order valence-electron chi connectivity index (χ4n) is 3.71. The second kappa shape index (κ2) is 7.68. The number of piperazine rings is 1. The van der Waals surface area contributed by atoms with Gasteiger partial charge in [0.1, 0.15) is 0 Å². The summed E-state index contributed by atoms with van der Waals surface area (Å²) < 4.78 is 0. The Morgan fingerprint density at radius 2 is 1.75 bits per heavy atom. The maximum absolute atomic E-state index is 12.6. The van der Waals surface area contributed by atoms with E-state index in [0.29, 0.717) is 6.42 Å². The molecule has 1 fully saturated rings. The molecule has 5 nitrogen and oxygen atoms in total. The van der Waals surface area contributed by atoms with Gasteiger partial charge in [0.2, 0.25) is 5.91 Å². The molecule has 3 aromatic rings. The maximum atomic E-state index is 12.6. The molecule has 1 saturated heterocycles. The van der Waals surface area contributed by atoms with Gasteiger partial charge in [0.25, 0.3) is 0 Å². The number of hydrogen-bond donors (Lipinski definition) is 0. The zero-order valence-corrected chi connectivity index (χ0v) is 16.8. The van der Waals surface area contributed by atoms with Crippen molar-refractivity contribution >= 4 is 16.8 Å². The van der Waals surface area contributed by atoms with E-state index in [1.54, 1.807) is 0 Å². The van der Waals surface area contributed by atoms with E-state index in [1.807, 2.05) is 42.2 Å². The molecule has 0 unspecified atom stereocenters. The highest BCUT2D eigenvalue weighted by Crippen LogP contribution is 2.25. The maximum Gasteiger partial charge on any atom is 0.227 e. The van der Waals surface area contributed by atoms with Gasteiger partial charge in [-0.2, -0.15) is 0 Å². The molecule has 1 aromatic carbocycles. The first kappa shape index (κ1) is 18.6. The number of aryl methyl sites for hydroxylation is 2. The number of rotatable bonds is 3. The Labute approximate surface area is 166 Å². The third-order valence-electron chi connectivity index (χ3n) is 5.44. The average Bonchev–Trinajstić information content (AvgIpc) is 2.69. The van der Waals surface area contributed by atoms with E-state index in [4.69, 9.17) is 4.98 Å². The Morgan fingerprint density at radius 3 is 2.50 bits per heavy atom. The van der Waals surface area contributed by atoms with Gasteiger partial charge < -0.3 is 9.80 Å². The van der Waals surface area contributed by atoms with Crippen LogP contribution in [0.25, 0.3) is 22.3 Å². The summed E-state index contributed by atoms with van der Waals surface area (Å²) in [6, 6.07) is 14.2. The number of hydrogen-bond acceptors (Lipinski definition) is 4. The van der Waals surface area contributed by atoms with E-state index >= 15 is 0 Å². The Hall–Kier alpha value is -2.79. The Balaban J connectivity index is 1.58. The van der Waals surface area contributed by atoms with Gasteiger partial charge in [-0.1, -0.05) is 12.1 Å². The third kappa shape index (κ3) is 3.90. The second-order valence-corrected chi connectivity index (χ2v) is 7.70. The second-order valence-electron chi connectivity index (χ2n) is 7.70. The lowest BCUT2D eigenvalue weighted by Crippen LogP contribution is -2.47. The van der Waals surface area contributed by atoms with Crippen molar-refractivity contribution in [2.24, 2.45) is 0 Å². The standard InChI is InChI=1S/C23H26N4O/c1-16-13-22(21-6-4-5-17(2)24-21)25-20-8-7-18(14-19(16)20)15-23(28)27-11-9-26(3)10-12-27/h4-8,13-14H,9-12,15H2,1-3H3. The Kier molecular flexibility index (Phi) is 5.09. The number of carbonyl (C=O) groups is 1. The largest absolute Gasteiger partial charge is 0.340 e. The van der Waals surface area contributed by atoms with Crippen LogP contribution in [0, 0.1) is 13.8 Å². The molecule has 3 heterocycles.